The minimum Gasteiger partial charge on any atom is -0.396 e. The molecule has 1 aromatic carbocycles. The van der Waals surface area contributed by atoms with Crippen molar-refractivity contribution in [2.45, 2.75) is 57.0 Å². The van der Waals surface area contributed by atoms with Gasteiger partial charge >= 0.3 is 0 Å². The summed E-state index contributed by atoms with van der Waals surface area (Å²) >= 11 is 0. The van der Waals surface area contributed by atoms with Crippen molar-refractivity contribution >= 4 is 0 Å². The van der Waals surface area contributed by atoms with E-state index in [1.807, 2.05) is 0 Å². The van der Waals surface area contributed by atoms with Crippen LogP contribution in [0.4, 0.5) is 0 Å². The lowest BCUT2D eigenvalue weighted by atomic mass is 9.75. The van der Waals surface area contributed by atoms with Gasteiger partial charge in [-0.05, 0) is 50.0 Å². The topological polar surface area (TPSA) is 32.3 Å². The fraction of sp³-hybridized carbons (Fsp3) is 0.647. The van der Waals surface area contributed by atoms with Crippen molar-refractivity contribution in [3.8, 4) is 0 Å². The first-order valence-electron chi connectivity index (χ1n) is 7.69. The van der Waals surface area contributed by atoms with Crippen molar-refractivity contribution in [2.24, 2.45) is 5.92 Å². The summed E-state index contributed by atoms with van der Waals surface area (Å²) in [7, 11) is 0. The minimum atomic E-state index is 0.353. The number of aryl methyl sites for hydroxylation is 1. The van der Waals surface area contributed by atoms with Crippen molar-refractivity contribution in [1.82, 2.24) is 5.32 Å². The monoisotopic (exact) mass is 259 g/mol. The summed E-state index contributed by atoms with van der Waals surface area (Å²) in [5.74, 6) is 1.24. The van der Waals surface area contributed by atoms with Crippen molar-refractivity contribution in [3.63, 3.8) is 0 Å². The Labute approximate surface area is 116 Å². The van der Waals surface area contributed by atoms with Gasteiger partial charge in [0.05, 0.1) is 0 Å². The van der Waals surface area contributed by atoms with Crippen LogP contribution >= 0.6 is 0 Å². The second kappa shape index (κ2) is 5.64. The van der Waals surface area contributed by atoms with Gasteiger partial charge in [-0.2, -0.15) is 0 Å². The Hall–Kier alpha value is -0.860. The number of hydrogen-bond acceptors (Lipinski definition) is 2. The molecule has 104 valence electrons. The predicted molar refractivity (Wildman–Crippen MR) is 78.3 cm³/mol. The molecule has 2 aliphatic rings. The SMILES string of the molecule is Cc1cccc(C2CC(NC3CCCC3CO)C2)c1. The molecule has 2 unspecified atom stereocenters. The van der Waals surface area contributed by atoms with Crippen LogP contribution in [0.15, 0.2) is 24.3 Å². The lowest BCUT2D eigenvalue weighted by Gasteiger charge is -2.39. The highest BCUT2D eigenvalue weighted by molar-refractivity contribution is 5.27. The van der Waals surface area contributed by atoms with E-state index in [0.717, 1.165) is 5.92 Å². The van der Waals surface area contributed by atoms with E-state index in [4.69, 9.17) is 0 Å². The van der Waals surface area contributed by atoms with E-state index in [2.05, 4.69) is 36.5 Å². The molecule has 0 amide bonds. The quantitative estimate of drug-likeness (QED) is 0.871. The van der Waals surface area contributed by atoms with Gasteiger partial charge in [-0.25, -0.2) is 0 Å². The molecule has 2 atom stereocenters. The minimum absolute atomic E-state index is 0.353. The van der Waals surface area contributed by atoms with Gasteiger partial charge in [-0.3, -0.25) is 0 Å². The van der Waals surface area contributed by atoms with Gasteiger partial charge in [0.25, 0.3) is 0 Å². The Kier molecular flexibility index (Phi) is 3.90. The lowest BCUT2D eigenvalue weighted by molar-refractivity contribution is 0.179. The van der Waals surface area contributed by atoms with Gasteiger partial charge in [0, 0.05) is 18.7 Å². The van der Waals surface area contributed by atoms with Gasteiger partial charge in [0.1, 0.15) is 0 Å². The highest BCUT2D eigenvalue weighted by Crippen LogP contribution is 2.38. The Bertz CT molecular complexity index is 425. The summed E-state index contributed by atoms with van der Waals surface area (Å²) in [4.78, 5) is 0. The maximum atomic E-state index is 9.36. The summed E-state index contributed by atoms with van der Waals surface area (Å²) in [6, 6.07) is 10.2. The molecule has 0 radical (unpaired) electrons. The Morgan fingerprint density at radius 2 is 2.11 bits per heavy atom. The second-order valence-electron chi connectivity index (χ2n) is 6.43. The Morgan fingerprint density at radius 1 is 1.26 bits per heavy atom. The molecule has 3 rings (SSSR count). The molecule has 0 bridgehead atoms. The molecular weight excluding hydrogens is 234 g/mol. The average molecular weight is 259 g/mol. The molecule has 19 heavy (non-hydrogen) atoms. The maximum Gasteiger partial charge on any atom is 0.0474 e. The molecule has 0 aliphatic heterocycles. The first kappa shape index (κ1) is 13.1. The summed E-state index contributed by atoms with van der Waals surface area (Å²) in [5.41, 5.74) is 2.87. The number of benzene rings is 1. The summed E-state index contributed by atoms with van der Waals surface area (Å²) in [6.45, 7) is 2.52. The molecule has 2 fully saturated rings. The van der Waals surface area contributed by atoms with Gasteiger partial charge < -0.3 is 10.4 Å². The summed E-state index contributed by atoms with van der Waals surface area (Å²) < 4.78 is 0. The van der Waals surface area contributed by atoms with E-state index in [-0.39, 0.29) is 0 Å². The zero-order chi connectivity index (χ0) is 13.2. The van der Waals surface area contributed by atoms with Crippen molar-refractivity contribution < 1.29 is 5.11 Å². The number of aliphatic hydroxyl groups excluding tert-OH is 1. The van der Waals surface area contributed by atoms with Crippen LogP contribution in [0.5, 0.6) is 0 Å². The van der Waals surface area contributed by atoms with Crippen LogP contribution in [0, 0.1) is 12.8 Å². The second-order valence-corrected chi connectivity index (χ2v) is 6.43. The summed E-state index contributed by atoms with van der Waals surface area (Å²) in [6.07, 6.45) is 6.24. The van der Waals surface area contributed by atoms with Crippen molar-refractivity contribution in [3.05, 3.63) is 35.4 Å². The number of rotatable bonds is 4. The van der Waals surface area contributed by atoms with E-state index < -0.39 is 0 Å². The smallest absolute Gasteiger partial charge is 0.0474 e. The first-order chi connectivity index (χ1) is 9.26. The van der Waals surface area contributed by atoms with Gasteiger partial charge in [0.2, 0.25) is 0 Å². The van der Waals surface area contributed by atoms with Gasteiger partial charge in [-0.1, -0.05) is 36.2 Å². The van der Waals surface area contributed by atoms with Crippen molar-refractivity contribution in [2.75, 3.05) is 6.61 Å². The molecule has 0 heterocycles. The normalized spacial score (nSPS) is 34.2. The summed E-state index contributed by atoms with van der Waals surface area (Å²) in [5, 5.41) is 13.1. The molecule has 1 aromatic rings. The van der Waals surface area contributed by atoms with Crippen LogP contribution in [0.2, 0.25) is 0 Å². The molecule has 0 saturated heterocycles. The number of aliphatic hydroxyl groups is 1. The van der Waals surface area contributed by atoms with E-state index in [0.29, 0.717) is 24.6 Å². The predicted octanol–water partition coefficient (Wildman–Crippen LogP) is 2.99. The zero-order valence-corrected chi connectivity index (χ0v) is 11.8. The maximum absolute atomic E-state index is 9.36. The molecule has 2 nitrogen and oxygen atoms in total. The van der Waals surface area contributed by atoms with Crippen LogP contribution in [-0.4, -0.2) is 23.8 Å². The lowest BCUT2D eigenvalue weighted by Crippen LogP contribution is -2.47. The first-order valence-corrected chi connectivity index (χ1v) is 7.69. The number of hydrogen-bond donors (Lipinski definition) is 2. The highest BCUT2D eigenvalue weighted by Gasteiger charge is 2.35. The third-order valence-electron chi connectivity index (χ3n) is 4.99. The third-order valence-corrected chi connectivity index (χ3v) is 4.99. The van der Waals surface area contributed by atoms with Crippen LogP contribution in [0.25, 0.3) is 0 Å². The molecule has 2 aliphatic carbocycles. The van der Waals surface area contributed by atoms with E-state index >= 15 is 0 Å². The molecule has 2 N–H and O–H groups in total. The molecule has 0 aromatic heterocycles. The Balaban J connectivity index is 1.50. The van der Waals surface area contributed by atoms with Crippen LogP contribution in [0.3, 0.4) is 0 Å². The molecule has 2 heteroatoms. The van der Waals surface area contributed by atoms with Crippen LogP contribution in [-0.2, 0) is 0 Å². The number of nitrogens with one attached hydrogen (secondary N) is 1. The van der Waals surface area contributed by atoms with Crippen molar-refractivity contribution in [1.29, 1.82) is 0 Å². The standard InChI is InChI=1S/C17H25NO/c1-12-4-2-5-13(8-12)15-9-16(10-15)18-17-7-3-6-14(17)11-19/h2,4-5,8,14-19H,3,6-7,9-11H2,1H3. The Morgan fingerprint density at radius 3 is 2.84 bits per heavy atom. The van der Waals surface area contributed by atoms with E-state index in [9.17, 15) is 5.11 Å². The molecule has 2 saturated carbocycles. The highest BCUT2D eigenvalue weighted by atomic mass is 16.3. The fourth-order valence-corrected chi connectivity index (χ4v) is 3.73. The van der Waals surface area contributed by atoms with Crippen LogP contribution in [0.1, 0.15) is 49.1 Å². The zero-order valence-electron chi connectivity index (χ0n) is 11.8. The van der Waals surface area contributed by atoms with Crippen LogP contribution < -0.4 is 5.32 Å². The molecular formula is C17H25NO. The third kappa shape index (κ3) is 2.85. The van der Waals surface area contributed by atoms with Gasteiger partial charge in [-0.15, -0.1) is 0 Å². The fourth-order valence-electron chi connectivity index (χ4n) is 3.73. The molecule has 0 spiro atoms. The largest absolute Gasteiger partial charge is 0.396 e. The van der Waals surface area contributed by atoms with Gasteiger partial charge in [0.15, 0.2) is 0 Å². The average Bonchev–Trinajstić information content (AvgIpc) is 2.80. The van der Waals surface area contributed by atoms with E-state index in [1.54, 1.807) is 0 Å². The van der Waals surface area contributed by atoms with E-state index in [1.165, 1.54) is 43.2 Å².